The van der Waals surface area contributed by atoms with E-state index in [9.17, 15) is 0 Å². The highest BCUT2D eigenvalue weighted by molar-refractivity contribution is 6.30. The van der Waals surface area contributed by atoms with Crippen LogP contribution >= 0.6 is 11.6 Å². The molecule has 3 nitrogen and oxygen atoms in total. The molecule has 0 saturated carbocycles. The van der Waals surface area contributed by atoms with Gasteiger partial charge in [0.05, 0.1) is 5.69 Å². The quantitative estimate of drug-likeness (QED) is 0.828. The molecular weight excluding hydrogens is 246 g/mol. The lowest BCUT2D eigenvalue weighted by Crippen LogP contribution is -2.22. The first kappa shape index (κ1) is 13.0. The van der Waals surface area contributed by atoms with Gasteiger partial charge in [0, 0.05) is 36.7 Å². The zero-order chi connectivity index (χ0) is 12.8. The molecule has 0 N–H and O–H groups in total. The van der Waals surface area contributed by atoms with Gasteiger partial charge in [-0.15, -0.1) is 0 Å². The molecule has 0 aliphatic heterocycles. The van der Waals surface area contributed by atoms with Crippen molar-refractivity contribution in [2.75, 3.05) is 6.54 Å². The first-order valence-corrected chi connectivity index (χ1v) is 6.37. The van der Waals surface area contributed by atoms with Crippen LogP contribution in [0, 0.1) is 0 Å². The van der Waals surface area contributed by atoms with Crippen molar-refractivity contribution in [3.05, 3.63) is 59.1 Å². The lowest BCUT2D eigenvalue weighted by Gasteiger charge is -2.19. The zero-order valence-electron chi connectivity index (χ0n) is 10.4. The van der Waals surface area contributed by atoms with E-state index >= 15 is 0 Å². The van der Waals surface area contributed by atoms with Gasteiger partial charge in [-0.25, -0.2) is 0 Å². The summed E-state index contributed by atoms with van der Waals surface area (Å²) in [6, 6.07) is 7.78. The molecule has 2 aromatic heterocycles. The minimum atomic E-state index is 0.736. The zero-order valence-corrected chi connectivity index (χ0v) is 11.1. The van der Waals surface area contributed by atoms with E-state index in [1.807, 2.05) is 30.6 Å². The molecule has 0 aliphatic carbocycles. The van der Waals surface area contributed by atoms with Crippen molar-refractivity contribution in [1.29, 1.82) is 0 Å². The summed E-state index contributed by atoms with van der Waals surface area (Å²) in [6.07, 6.45) is 5.39. The summed E-state index contributed by atoms with van der Waals surface area (Å²) in [5.41, 5.74) is 2.26. The van der Waals surface area contributed by atoms with Gasteiger partial charge in [0.15, 0.2) is 0 Å². The van der Waals surface area contributed by atoms with Gasteiger partial charge >= 0.3 is 0 Å². The van der Waals surface area contributed by atoms with E-state index in [4.69, 9.17) is 11.6 Å². The van der Waals surface area contributed by atoms with Gasteiger partial charge in [-0.1, -0.05) is 18.5 Å². The van der Waals surface area contributed by atoms with Crippen LogP contribution in [0.2, 0.25) is 5.02 Å². The normalized spacial score (nSPS) is 10.8. The van der Waals surface area contributed by atoms with Crippen LogP contribution in [0.15, 0.2) is 42.9 Å². The van der Waals surface area contributed by atoms with Crippen molar-refractivity contribution in [2.45, 2.75) is 20.0 Å². The van der Waals surface area contributed by atoms with Gasteiger partial charge in [-0.2, -0.15) is 0 Å². The number of aromatic nitrogens is 2. The summed E-state index contributed by atoms with van der Waals surface area (Å²) in [5, 5.41) is 0.736. The SMILES string of the molecule is CCN(Cc1ccncc1)Cc1cc(Cl)ccn1. The first-order chi connectivity index (χ1) is 8.78. The maximum absolute atomic E-state index is 5.96. The lowest BCUT2D eigenvalue weighted by atomic mass is 10.2. The van der Waals surface area contributed by atoms with Crippen molar-refractivity contribution in [1.82, 2.24) is 14.9 Å². The van der Waals surface area contributed by atoms with Crippen LogP contribution in [0.1, 0.15) is 18.2 Å². The van der Waals surface area contributed by atoms with E-state index in [-0.39, 0.29) is 0 Å². The van der Waals surface area contributed by atoms with E-state index in [2.05, 4.69) is 21.8 Å². The second kappa shape index (κ2) is 6.47. The second-order valence-electron chi connectivity index (χ2n) is 4.12. The van der Waals surface area contributed by atoms with Gasteiger partial charge in [0.1, 0.15) is 0 Å². The fourth-order valence-electron chi connectivity index (χ4n) is 1.79. The van der Waals surface area contributed by atoms with Crippen molar-refractivity contribution in [3.8, 4) is 0 Å². The van der Waals surface area contributed by atoms with E-state index < -0.39 is 0 Å². The highest BCUT2D eigenvalue weighted by Crippen LogP contribution is 2.11. The number of nitrogens with zero attached hydrogens (tertiary/aromatic N) is 3. The average Bonchev–Trinajstić information content (AvgIpc) is 2.39. The molecule has 2 aromatic rings. The van der Waals surface area contributed by atoms with Gasteiger partial charge in [-0.05, 0) is 36.4 Å². The molecule has 2 rings (SSSR count). The van der Waals surface area contributed by atoms with E-state index in [0.29, 0.717) is 0 Å². The predicted octanol–water partition coefficient (Wildman–Crippen LogP) is 3.15. The molecule has 0 aliphatic rings. The van der Waals surface area contributed by atoms with Crippen molar-refractivity contribution < 1.29 is 0 Å². The Labute approximate surface area is 112 Å². The Morgan fingerprint density at radius 3 is 2.56 bits per heavy atom. The lowest BCUT2D eigenvalue weighted by molar-refractivity contribution is 0.268. The second-order valence-corrected chi connectivity index (χ2v) is 4.56. The third-order valence-corrected chi connectivity index (χ3v) is 3.00. The Hall–Kier alpha value is -1.45. The average molecular weight is 262 g/mol. The summed E-state index contributed by atoms with van der Waals surface area (Å²) in [4.78, 5) is 10.7. The Morgan fingerprint density at radius 1 is 1.11 bits per heavy atom. The molecule has 0 atom stereocenters. The predicted molar refractivity (Wildman–Crippen MR) is 73.3 cm³/mol. The van der Waals surface area contributed by atoms with Gasteiger partial charge in [0.25, 0.3) is 0 Å². The standard InChI is InChI=1S/C14H16ClN3/c1-2-18(10-12-3-6-16-7-4-12)11-14-9-13(15)5-8-17-14/h3-9H,2,10-11H2,1H3. The van der Waals surface area contributed by atoms with Crippen LogP contribution in [0.5, 0.6) is 0 Å². The molecular formula is C14H16ClN3. The highest BCUT2D eigenvalue weighted by Gasteiger charge is 2.06. The van der Waals surface area contributed by atoms with E-state index in [1.165, 1.54) is 5.56 Å². The largest absolute Gasteiger partial charge is 0.294 e. The number of hydrogen-bond donors (Lipinski definition) is 0. The molecule has 94 valence electrons. The number of hydrogen-bond acceptors (Lipinski definition) is 3. The van der Waals surface area contributed by atoms with Gasteiger partial charge in [-0.3, -0.25) is 14.9 Å². The molecule has 0 fully saturated rings. The monoisotopic (exact) mass is 261 g/mol. The molecule has 0 saturated heterocycles. The Morgan fingerprint density at radius 2 is 1.89 bits per heavy atom. The summed E-state index contributed by atoms with van der Waals surface area (Å²) in [6.45, 7) is 4.81. The number of rotatable bonds is 5. The third-order valence-electron chi connectivity index (χ3n) is 2.77. The molecule has 0 aromatic carbocycles. The van der Waals surface area contributed by atoms with Crippen LogP contribution in [0.3, 0.4) is 0 Å². The number of halogens is 1. The summed E-state index contributed by atoms with van der Waals surface area (Å²) < 4.78 is 0. The molecule has 2 heterocycles. The third kappa shape index (κ3) is 3.79. The minimum absolute atomic E-state index is 0.736. The van der Waals surface area contributed by atoms with E-state index in [0.717, 1.165) is 30.4 Å². The Balaban J connectivity index is 2.01. The van der Waals surface area contributed by atoms with E-state index in [1.54, 1.807) is 12.3 Å². The van der Waals surface area contributed by atoms with Gasteiger partial charge in [0.2, 0.25) is 0 Å². The summed E-state index contributed by atoms with van der Waals surface area (Å²) >= 11 is 5.96. The van der Waals surface area contributed by atoms with Crippen molar-refractivity contribution in [2.24, 2.45) is 0 Å². The maximum atomic E-state index is 5.96. The van der Waals surface area contributed by atoms with Crippen molar-refractivity contribution in [3.63, 3.8) is 0 Å². The minimum Gasteiger partial charge on any atom is -0.294 e. The van der Waals surface area contributed by atoms with Crippen LogP contribution in [0.4, 0.5) is 0 Å². The molecule has 0 radical (unpaired) electrons. The van der Waals surface area contributed by atoms with Crippen LogP contribution in [0.25, 0.3) is 0 Å². The topological polar surface area (TPSA) is 29.0 Å². The first-order valence-electron chi connectivity index (χ1n) is 5.99. The molecule has 4 heteroatoms. The fourth-order valence-corrected chi connectivity index (χ4v) is 1.97. The molecule has 0 unspecified atom stereocenters. The molecule has 0 spiro atoms. The highest BCUT2D eigenvalue weighted by atomic mass is 35.5. The number of pyridine rings is 2. The summed E-state index contributed by atoms with van der Waals surface area (Å²) in [5.74, 6) is 0. The fraction of sp³-hybridized carbons (Fsp3) is 0.286. The molecule has 0 bridgehead atoms. The molecule has 18 heavy (non-hydrogen) atoms. The van der Waals surface area contributed by atoms with Crippen molar-refractivity contribution >= 4 is 11.6 Å². The summed E-state index contributed by atoms with van der Waals surface area (Å²) in [7, 11) is 0. The molecule has 0 amide bonds. The van der Waals surface area contributed by atoms with Crippen LogP contribution in [-0.4, -0.2) is 21.4 Å². The smallest absolute Gasteiger partial charge is 0.0558 e. The van der Waals surface area contributed by atoms with Crippen LogP contribution < -0.4 is 0 Å². The maximum Gasteiger partial charge on any atom is 0.0558 e. The Kier molecular flexibility index (Phi) is 4.67. The Bertz CT molecular complexity index is 487. The van der Waals surface area contributed by atoms with Crippen LogP contribution in [-0.2, 0) is 13.1 Å². The van der Waals surface area contributed by atoms with Gasteiger partial charge < -0.3 is 0 Å².